The molecule has 0 radical (unpaired) electrons. The molecular weight excluding hydrogens is 284 g/mol. The predicted octanol–water partition coefficient (Wildman–Crippen LogP) is 1.05. The number of carbonyl (C=O) groups excluding carboxylic acids is 1. The molecule has 1 aromatic rings. The second-order valence-electron chi connectivity index (χ2n) is 3.76. The summed E-state index contributed by atoms with van der Waals surface area (Å²) in [4.78, 5) is 11.5. The Hall–Kier alpha value is -1.34. The van der Waals surface area contributed by atoms with Crippen molar-refractivity contribution in [2.45, 2.75) is 0 Å². The van der Waals surface area contributed by atoms with Gasteiger partial charge in [0, 0.05) is 19.3 Å². The maximum Gasteiger partial charge on any atom is 0.250 e. The summed E-state index contributed by atoms with van der Waals surface area (Å²) >= 11 is 0. The Kier molecular flexibility index (Phi) is 10.7. The molecule has 1 rings (SSSR count). The number of nitrogens with two attached hydrogens (primary N) is 1. The van der Waals surface area contributed by atoms with Gasteiger partial charge in [0.15, 0.2) is 0 Å². The average molecular weight is 305 g/mol. The molecule has 6 nitrogen and oxygen atoms in total. The summed E-state index contributed by atoms with van der Waals surface area (Å²) in [6, 6.07) is 7.08. The van der Waals surface area contributed by atoms with E-state index in [1.54, 1.807) is 31.4 Å². The van der Waals surface area contributed by atoms with E-state index >= 15 is 0 Å². The molecule has 0 aliphatic carbocycles. The van der Waals surface area contributed by atoms with Crippen molar-refractivity contribution in [1.82, 2.24) is 0 Å². The van der Waals surface area contributed by atoms with Crippen molar-refractivity contribution in [2.24, 2.45) is 5.73 Å². The van der Waals surface area contributed by atoms with Crippen LogP contribution in [0.4, 0.5) is 5.69 Å². The predicted molar refractivity (Wildman–Crippen MR) is 79.6 cm³/mol. The normalized spacial score (nSPS) is 9.70. The van der Waals surface area contributed by atoms with Gasteiger partial charge in [0.25, 0.3) is 0 Å². The monoisotopic (exact) mass is 304 g/mol. The lowest BCUT2D eigenvalue weighted by Crippen LogP contribution is -2.19. The van der Waals surface area contributed by atoms with Gasteiger partial charge in [-0.3, -0.25) is 4.79 Å². The van der Waals surface area contributed by atoms with Gasteiger partial charge in [0.2, 0.25) is 5.91 Å². The smallest absolute Gasteiger partial charge is 0.250 e. The first kappa shape index (κ1) is 18.7. The minimum atomic E-state index is -0.202. The highest BCUT2D eigenvalue weighted by molar-refractivity contribution is 5.91. The first-order valence-electron chi connectivity index (χ1n) is 6.05. The number of anilines is 1. The molecule has 0 unspecified atom stereocenters. The van der Waals surface area contributed by atoms with E-state index in [1.807, 2.05) is 0 Å². The molecule has 0 aliphatic heterocycles. The zero-order valence-corrected chi connectivity index (χ0v) is 12.3. The Bertz CT molecular complexity index is 373. The van der Waals surface area contributed by atoms with Gasteiger partial charge in [0.05, 0.1) is 13.2 Å². The third-order valence-corrected chi connectivity index (χ3v) is 2.19. The molecule has 0 aliphatic rings. The zero-order valence-electron chi connectivity index (χ0n) is 11.5. The number of nitrogens with one attached hydrogen (secondary N) is 1. The van der Waals surface area contributed by atoms with Crippen molar-refractivity contribution in [3.8, 4) is 5.75 Å². The minimum absolute atomic E-state index is 0. The number of hydrogen-bond acceptors (Lipinski definition) is 5. The molecule has 0 saturated carbocycles. The molecule has 0 spiro atoms. The van der Waals surface area contributed by atoms with E-state index in [0.717, 1.165) is 5.75 Å². The first-order chi connectivity index (χ1) is 9.26. The van der Waals surface area contributed by atoms with E-state index in [9.17, 15) is 4.79 Å². The number of hydrogen-bond donors (Lipinski definition) is 2. The van der Waals surface area contributed by atoms with Crippen molar-refractivity contribution in [3.63, 3.8) is 0 Å². The lowest BCUT2D eigenvalue weighted by atomic mass is 10.3. The quantitative estimate of drug-likeness (QED) is 0.666. The molecule has 0 heterocycles. The van der Waals surface area contributed by atoms with Gasteiger partial charge in [-0.05, 0) is 24.3 Å². The minimum Gasteiger partial charge on any atom is -0.492 e. The lowest BCUT2D eigenvalue weighted by Gasteiger charge is -2.08. The van der Waals surface area contributed by atoms with E-state index in [0.29, 0.717) is 32.1 Å². The molecule has 0 bridgehead atoms. The van der Waals surface area contributed by atoms with Crippen molar-refractivity contribution in [3.05, 3.63) is 24.3 Å². The Balaban J connectivity index is 0.00000361. The third-order valence-electron chi connectivity index (χ3n) is 2.19. The highest BCUT2D eigenvalue weighted by atomic mass is 35.5. The van der Waals surface area contributed by atoms with Gasteiger partial charge in [-0.2, -0.15) is 0 Å². The molecule has 0 fully saturated rings. The molecule has 0 saturated heterocycles. The summed E-state index contributed by atoms with van der Waals surface area (Å²) in [6.07, 6.45) is 0. The second kappa shape index (κ2) is 11.5. The Morgan fingerprint density at radius 1 is 1.20 bits per heavy atom. The summed E-state index contributed by atoms with van der Waals surface area (Å²) in [6.45, 7) is 1.82. The van der Waals surface area contributed by atoms with Gasteiger partial charge in [-0.25, -0.2) is 0 Å². The maximum atomic E-state index is 11.5. The lowest BCUT2D eigenvalue weighted by molar-refractivity contribution is -0.121. The number of ether oxygens (including phenoxy) is 3. The summed E-state index contributed by atoms with van der Waals surface area (Å²) in [5.41, 5.74) is 6.03. The standard InChI is InChI=1S/C13H20N2O4.ClH/c1-17-8-9-18-10-13(16)15-11-2-4-12(5-3-11)19-7-6-14;/h2-5H,6-10,14H2,1H3,(H,15,16);1H. The molecule has 1 aromatic carbocycles. The highest BCUT2D eigenvalue weighted by Gasteiger charge is 2.02. The van der Waals surface area contributed by atoms with Crippen LogP contribution in [0.3, 0.4) is 0 Å². The summed E-state index contributed by atoms with van der Waals surface area (Å²) in [5.74, 6) is 0.520. The number of amides is 1. The van der Waals surface area contributed by atoms with Crippen LogP contribution in [0.25, 0.3) is 0 Å². The number of methoxy groups -OCH3 is 1. The molecule has 20 heavy (non-hydrogen) atoms. The van der Waals surface area contributed by atoms with Crippen LogP contribution >= 0.6 is 12.4 Å². The second-order valence-corrected chi connectivity index (χ2v) is 3.76. The van der Waals surface area contributed by atoms with E-state index in [-0.39, 0.29) is 24.9 Å². The van der Waals surface area contributed by atoms with Crippen LogP contribution in [0.2, 0.25) is 0 Å². The maximum absolute atomic E-state index is 11.5. The van der Waals surface area contributed by atoms with E-state index in [2.05, 4.69) is 5.32 Å². The number of rotatable bonds is 9. The fourth-order valence-electron chi connectivity index (χ4n) is 1.32. The van der Waals surface area contributed by atoms with Gasteiger partial charge >= 0.3 is 0 Å². The summed E-state index contributed by atoms with van der Waals surface area (Å²) in [5, 5.41) is 2.72. The fraction of sp³-hybridized carbons (Fsp3) is 0.462. The van der Waals surface area contributed by atoms with Crippen LogP contribution in [0, 0.1) is 0 Å². The third kappa shape index (κ3) is 7.96. The van der Waals surface area contributed by atoms with Crippen LogP contribution in [0.15, 0.2) is 24.3 Å². The zero-order chi connectivity index (χ0) is 13.9. The molecule has 1 amide bonds. The van der Waals surface area contributed by atoms with Crippen LogP contribution in [0.1, 0.15) is 0 Å². The molecular formula is C13H21ClN2O4. The van der Waals surface area contributed by atoms with Crippen LogP contribution in [-0.2, 0) is 14.3 Å². The highest BCUT2D eigenvalue weighted by Crippen LogP contribution is 2.15. The largest absolute Gasteiger partial charge is 0.492 e. The van der Waals surface area contributed by atoms with Gasteiger partial charge in [-0.1, -0.05) is 0 Å². The number of carbonyl (C=O) groups is 1. The van der Waals surface area contributed by atoms with Crippen LogP contribution < -0.4 is 15.8 Å². The SMILES string of the molecule is COCCOCC(=O)Nc1ccc(OCCN)cc1.Cl. The fourth-order valence-corrected chi connectivity index (χ4v) is 1.32. The molecule has 3 N–H and O–H groups in total. The van der Waals surface area contributed by atoms with Crippen molar-refractivity contribution in [1.29, 1.82) is 0 Å². The average Bonchev–Trinajstić information content (AvgIpc) is 2.43. The van der Waals surface area contributed by atoms with Crippen LogP contribution in [-0.4, -0.2) is 46.0 Å². The van der Waals surface area contributed by atoms with E-state index in [4.69, 9.17) is 19.9 Å². The van der Waals surface area contributed by atoms with Gasteiger partial charge in [0.1, 0.15) is 19.0 Å². The Morgan fingerprint density at radius 3 is 2.50 bits per heavy atom. The summed E-state index contributed by atoms with van der Waals surface area (Å²) < 4.78 is 15.2. The van der Waals surface area contributed by atoms with Crippen molar-refractivity contribution >= 4 is 24.0 Å². The topological polar surface area (TPSA) is 82.8 Å². The molecule has 0 atom stereocenters. The van der Waals surface area contributed by atoms with Crippen molar-refractivity contribution in [2.75, 3.05) is 45.4 Å². The van der Waals surface area contributed by atoms with Crippen molar-refractivity contribution < 1.29 is 19.0 Å². The Labute approximate surface area is 125 Å². The Morgan fingerprint density at radius 2 is 1.90 bits per heavy atom. The molecule has 7 heteroatoms. The van der Waals surface area contributed by atoms with Crippen LogP contribution in [0.5, 0.6) is 5.75 Å². The van der Waals surface area contributed by atoms with E-state index < -0.39 is 0 Å². The van der Waals surface area contributed by atoms with E-state index in [1.165, 1.54) is 0 Å². The van der Waals surface area contributed by atoms with Gasteiger partial charge in [-0.15, -0.1) is 12.4 Å². The summed E-state index contributed by atoms with van der Waals surface area (Å²) in [7, 11) is 1.58. The van der Waals surface area contributed by atoms with Gasteiger partial charge < -0.3 is 25.3 Å². The molecule has 0 aromatic heterocycles. The first-order valence-corrected chi connectivity index (χ1v) is 6.05. The number of halogens is 1. The molecule has 114 valence electrons. The number of benzene rings is 1.